The molecule has 0 amide bonds. The number of aryl methyl sites for hydroxylation is 1. The number of phenolic OH excluding ortho intramolecular Hbond substituents is 2. The zero-order valence-electron chi connectivity index (χ0n) is 14.1. The van der Waals surface area contributed by atoms with Crippen molar-refractivity contribution >= 4 is 38.6 Å². The van der Waals surface area contributed by atoms with Crippen LogP contribution < -0.4 is 5.73 Å². The molecular formula is C21H17N3O2. The van der Waals surface area contributed by atoms with E-state index >= 15 is 0 Å². The first kappa shape index (κ1) is 15.9. The van der Waals surface area contributed by atoms with Crippen molar-refractivity contribution in [2.24, 2.45) is 10.2 Å². The summed E-state index contributed by atoms with van der Waals surface area (Å²) in [4.78, 5) is 0. The molecule has 0 aliphatic carbocycles. The van der Waals surface area contributed by atoms with Crippen molar-refractivity contribution in [2.45, 2.75) is 6.92 Å². The van der Waals surface area contributed by atoms with Crippen molar-refractivity contribution < 1.29 is 10.2 Å². The molecule has 4 aromatic rings. The lowest BCUT2D eigenvalue weighted by Gasteiger charge is -2.12. The van der Waals surface area contributed by atoms with E-state index in [1.54, 1.807) is 36.4 Å². The van der Waals surface area contributed by atoms with Gasteiger partial charge in [-0.25, -0.2) is 0 Å². The molecule has 26 heavy (non-hydrogen) atoms. The number of hydrogen-bond donors (Lipinski definition) is 3. The Kier molecular flexibility index (Phi) is 3.69. The van der Waals surface area contributed by atoms with Gasteiger partial charge in [-0.2, -0.15) is 5.11 Å². The van der Waals surface area contributed by atoms with E-state index in [0.29, 0.717) is 38.6 Å². The van der Waals surface area contributed by atoms with E-state index in [2.05, 4.69) is 10.2 Å². The highest BCUT2D eigenvalue weighted by atomic mass is 16.3. The van der Waals surface area contributed by atoms with Gasteiger partial charge >= 0.3 is 0 Å². The number of aromatic hydroxyl groups is 2. The maximum Gasteiger partial charge on any atom is 0.133 e. The number of phenols is 2. The highest BCUT2D eigenvalue weighted by molar-refractivity contribution is 6.17. The fraction of sp³-hybridized carbons (Fsp3) is 0.0476. The van der Waals surface area contributed by atoms with E-state index in [-0.39, 0.29) is 11.5 Å². The van der Waals surface area contributed by atoms with Gasteiger partial charge in [0.05, 0.1) is 22.1 Å². The van der Waals surface area contributed by atoms with Crippen molar-refractivity contribution in [3.8, 4) is 11.5 Å². The van der Waals surface area contributed by atoms with Crippen molar-refractivity contribution in [3.05, 3.63) is 66.2 Å². The second-order valence-corrected chi connectivity index (χ2v) is 6.20. The molecule has 5 heteroatoms. The standard InChI is InChI=1S/C21H17N3O2/c1-12-6-8-13(9-7-12)23-24-17-11-10-16(22)18-19(17)21(26)15-5-3-2-4-14(15)20(18)25/h2-11,25-26H,22H2,1H3. The monoisotopic (exact) mass is 343 g/mol. The van der Waals surface area contributed by atoms with Crippen molar-refractivity contribution in [2.75, 3.05) is 5.73 Å². The molecule has 0 aromatic heterocycles. The van der Waals surface area contributed by atoms with Crippen LogP contribution in [0.2, 0.25) is 0 Å². The molecule has 5 nitrogen and oxygen atoms in total. The lowest BCUT2D eigenvalue weighted by molar-refractivity contribution is 0.478. The largest absolute Gasteiger partial charge is 0.507 e. The van der Waals surface area contributed by atoms with Crippen LogP contribution in [-0.4, -0.2) is 10.2 Å². The Hall–Kier alpha value is -3.60. The minimum atomic E-state index is 0.0262. The van der Waals surface area contributed by atoms with E-state index in [9.17, 15) is 10.2 Å². The number of hydrogen-bond acceptors (Lipinski definition) is 5. The van der Waals surface area contributed by atoms with E-state index in [0.717, 1.165) is 5.56 Å². The molecule has 4 aromatic carbocycles. The van der Waals surface area contributed by atoms with Crippen LogP contribution in [0.15, 0.2) is 70.9 Å². The fourth-order valence-electron chi connectivity index (χ4n) is 3.07. The zero-order valence-corrected chi connectivity index (χ0v) is 14.1. The van der Waals surface area contributed by atoms with E-state index < -0.39 is 0 Å². The van der Waals surface area contributed by atoms with Gasteiger partial charge in [-0.15, -0.1) is 5.11 Å². The summed E-state index contributed by atoms with van der Waals surface area (Å²) in [6.45, 7) is 2.00. The fourth-order valence-corrected chi connectivity index (χ4v) is 3.07. The number of rotatable bonds is 2. The van der Waals surface area contributed by atoms with Gasteiger partial charge in [0.2, 0.25) is 0 Å². The Bertz CT molecular complexity index is 1170. The molecule has 128 valence electrons. The van der Waals surface area contributed by atoms with Gasteiger partial charge in [-0.1, -0.05) is 42.0 Å². The smallest absolute Gasteiger partial charge is 0.133 e. The summed E-state index contributed by atoms with van der Waals surface area (Å²) >= 11 is 0. The summed E-state index contributed by atoms with van der Waals surface area (Å²) in [5, 5.41) is 31.9. The number of nitrogens with two attached hydrogens (primary N) is 1. The number of benzene rings is 4. The predicted octanol–water partition coefficient (Wildman–Crippen LogP) is 5.71. The molecule has 0 bridgehead atoms. The highest BCUT2D eigenvalue weighted by Crippen LogP contribution is 2.47. The molecule has 0 fully saturated rings. The van der Waals surface area contributed by atoms with Gasteiger partial charge < -0.3 is 15.9 Å². The zero-order chi connectivity index (χ0) is 18.3. The topological polar surface area (TPSA) is 91.2 Å². The van der Waals surface area contributed by atoms with Crippen LogP contribution >= 0.6 is 0 Å². The molecule has 4 N–H and O–H groups in total. The van der Waals surface area contributed by atoms with Crippen LogP contribution in [0.3, 0.4) is 0 Å². The van der Waals surface area contributed by atoms with Gasteiger partial charge in [0, 0.05) is 16.5 Å². The van der Waals surface area contributed by atoms with Crippen LogP contribution in [0.1, 0.15) is 5.56 Å². The molecule has 0 saturated carbocycles. The maximum absolute atomic E-state index is 10.8. The highest BCUT2D eigenvalue weighted by Gasteiger charge is 2.17. The molecule has 0 spiro atoms. The maximum atomic E-state index is 10.8. The van der Waals surface area contributed by atoms with E-state index in [4.69, 9.17) is 5.73 Å². The number of fused-ring (bicyclic) bond motifs is 2. The molecule has 0 heterocycles. The number of nitrogens with zero attached hydrogens (tertiary/aromatic N) is 2. The SMILES string of the molecule is Cc1ccc(N=Nc2ccc(N)c3c(O)c4ccccc4c(O)c23)cc1. The third kappa shape index (κ3) is 2.50. The summed E-state index contributed by atoms with van der Waals surface area (Å²) in [6.07, 6.45) is 0. The average Bonchev–Trinajstić information content (AvgIpc) is 2.66. The van der Waals surface area contributed by atoms with Crippen molar-refractivity contribution in [1.29, 1.82) is 0 Å². The Morgan fingerprint density at radius 2 is 1.35 bits per heavy atom. The molecular weight excluding hydrogens is 326 g/mol. The van der Waals surface area contributed by atoms with Crippen LogP contribution in [-0.2, 0) is 0 Å². The Balaban J connectivity index is 1.99. The lowest BCUT2D eigenvalue weighted by atomic mass is 9.98. The average molecular weight is 343 g/mol. The molecule has 0 aliphatic heterocycles. The van der Waals surface area contributed by atoms with Gasteiger partial charge in [0.15, 0.2) is 0 Å². The molecule has 0 atom stereocenters. The summed E-state index contributed by atoms with van der Waals surface area (Å²) in [5.74, 6) is 0.0526. The first-order valence-electron chi connectivity index (χ1n) is 8.19. The Labute approximate surface area is 150 Å². The van der Waals surface area contributed by atoms with Crippen molar-refractivity contribution in [1.82, 2.24) is 0 Å². The van der Waals surface area contributed by atoms with Crippen molar-refractivity contribution in [3.63, 3.8) is 0 Å². The predicted molar refractivity (Wildman–Crippen MR) is 105 cm³/mol. The quantitative estimate of drug-likeness (QED) is 0.188. The molecule has 0 aliphatic rings. The van der Waals surface area contributed by atoms with E-state index in [1.165, 1.54) is 0 Å². The lowest BCUT2D eigenvalue weighted by Crippen LogP contribution is -1.89. The summed E-state index contributed by atoms with van der Waals surface area (Å²) < 4.78 is 0. The van der Waals surface area contributed by atoms with Gasteiger partial charge in [0.1, 0.15) is 11.5 Å². The minimum absolute atomic E-state index is 0.0262. The Morgan fingerprint density at radius 1 is 0.731 bits per heavy atom. The molecule has 0 unspecified atom stereocenters. The minimum Gasteiger partial charge on any atom is -0.507 e. The second-order valence-electron chi connectivity index (χ2n) is 6.20. The van der Waals surface area contributed by atoms with Crippen LogP contribution in [0.25, 0.3) is 21.5 Å². The molecule has 0 radical (unpaired) electrons. The normalized spacial score (nSPS) is 11.6. The molecule has 4 rings (SSSR count). The first-order chi connectivity index (χ1) is 12.6. The van der Waals surface area contributed by atoms with Crippen LogP contribution in [0, 0.1) is 6.92 Å². The van der Waals surface area contributed by atoms with E-state index in [1.807, 2.05) is 31.2 Å². The number of nitrogen functional groups attached to an aromatic ring is 1. The van der Waals surface area contributed by atoms with Crippen LogP contribution in [0.4, 0.5) is 17.1 Å². The van der Waals surface area contributed by atoms with Gasteiger partial charge in [-0.3, -0.25) is 0 Å². The molecule has 0 saturated heterocycles. The third-order valence-corrected chi connectivity index (χ3v) is 4.43. The summed E-state index contributed by atoms with van der Waals surface area (Å²) in [5.41, 5.74) is 8.71. The second kappa shape index (κ2) is 6.04. The summed E-state index contributed by atoms with van der Waals surface area (Å²) in [7, 11) is 0. The Morgan fingerprint density at radius 3 is 2.00 bits per heavy atom. The number of anilines is 1. The van der Waals surface area contributed by atoms with Crippen LogP contribution in [0.5, 0.6) is 11.5 Å². The summed E-state index contributed by atoms with van der Waals surface area (Å²) in [6, 6.07) is 18.0. The van der Waals surface area contributed by atoms with Gasteiger partial charge in [-0.05, 0) is 31.2 Å². The first-order valence-corrected chi connectivity index (χ1v) is 8.19. The third-order valence-electron chi connectivity index (χ3n) is 4.43. The van der Waals surface area contributed by atoms with Gasteiger partial charge in [0.25, 0.3) is 0 Å². The number of azo groups is 1.